The molecule has 116 valence electrons. The van der Waals surface area contributed by atoms with Gasteiger partial charge in [-0.2, -0.15) is 0 Å². The van der Waals surface area contributed by atoms with Crippen molar-refractivity contribution in [3.05, 3.63) is 29.8 Å². The summed E-state index contributed by atoms with van der Waals surface area (Å²) < 4.78 is 10.8. The number of ether oxygens (including phenoxy) is 2. The highest BCUT2D eigenvalue weighted by atomic mass is 16.6. The fraction of sp³-hybridized carbons (Fsp3) is 0.562. The van der Waals surface area contributed by atoms with Crippen LogP contribution < -0.4 is 10.1 Å². The van der Waals surface area contributed by atoms with Crippen molar-refractivity contribution in [3.8, 4) is 5.75 Å². The zero-order chi connectivity index (χ0) is 15.5. The monoisotopic (exact) mass is 292 g/mol. The number of piperazine rings is 1. The molecule has 0 aromatic heterocycles. The number of nitrogens with one attached hydrogen (secondary N) is 1. The lowest BCUT2D eigenvalue weighted by atomic mass is 10.0. The van der Waals surface area contributed by atoms with E-state index in [0.29, 0.717) is 13.1 Å². The Hall–Kier alpha value is -1.75. The molecule has 1 unspecified atom stereocenters. The number of methoxy groups -OCH3 is 1. The number of hydrogen-bond donors (Lipinski definition) is 1. The smallest absolute Gasteiger partial charge is 0.410 e. The molecule has 0 spiro atoms. The van der Waals surface area contributed by atoms with Crippen molar-refractivity contribution in [2.24, 2.45) is 0 Å². The van der Waals surface area contributed by atoms with Gasteiger partial charge in [-0.25, -0.2) is 4.79 Å². The second-order valence-corrected chi connectivity index (χ2v) is 6.18. The second-order valence-electron chi connectivity index (χ2n) is 6.18. The average Bonchev–Trinajstić information content (AvgIpc) is 2.45. The first-order valence-electron chi connectivity index (χ1n) is 7.25. The van der Waals surface area contributed by atoms with Crippen molar-refractivity contribution >= 4 is 6.09 Å². The summed E-state index contributed by atoms with van der Waals surface area (Å²) in [6.07, 6.45) is -0.260. The standard InChI is InChI=1S/C16H24N2O3/c1-16(2,3)21-15(19)18-10-9-17-13(11-18)12-7-5-6-8-14(12)20-4/h5-8,13,17H,9-11H2,1-4H3. The van der Waals surface area contributed by atoms with Gasteiger partial charge in [-0.15, -0.1) is 0 Å². The predicted octanol–water partition coefficient (Wildman–Crippen LogP) is 2.58. The van der Waals surface area contributed by atoms with Crippen LogP contribution in [-0.2, 0) is 4.74 Å². The molecule has 5 nitrogen and oxygen atoms in total. The van der Waals surface area contributed by atoms with E-state index < -0.39 is 5.60 Å². The van der Waals surface area contributed by atoms with Crippen LogP contribution in [-0.4, -0.2) is 43.3 Å². The van der Waals surface area contributed by atoms with E-state index >= 15 is 0 Å². The summed E-state index contributed by atoms with van der Waals surface area (Å²) >= 11 is 0. The maximum atomic E-state index is 12.2. The van der Waals surface area contributed by atoms with Crippen LogP contribution in [0.25, 0.3) is 0 Å². The third-order valence-corrected chi connectivity index (χ3v) is 3.34. The van der Waals surface area contributed by atoms with E-state index in [1.807, 2.05) is 45.0 Å². The number of benzene rings is 1. The lowest BCUT2D eigenvalue weighted by molar-refractivity contribution is 0.0194. The molecule has 2 rings (SSSR count). The van der Waals surface area contributed by atoms with E-state index in [4.69, 9.17) is 9.47 Å². The number of para-hydroxylation sites is 1. The Morgan fingerprint density at radius 3 is 2.71 bits per heavy atom. The zero-order valence-electron chi connectivity index (χ0n) is 13.2. The molecular formula is C16H24N2O3. The van der Waals surface area contributed by atoms with Crippen LogP contribution in [0.15, 0.2) is 24.3 Å². The van der Waals surface area contributed by atoms with Gasteiger partial charge in [-0.05, 0) is 26.8 Å². The molecule has 5 heteroatoms. The summed E-state index contributed by atoms with van der Waals surface area (Å²) in [7, 11) is 1.66. The Labute approximate surface area is 126 Å². The molecule has 1 aromatic carbocycles. The van der Waals surface area contributed by atoms with Gasteiger partial charge >= 0.3 is 6.09 Å². The number of amides is 1. The van der Waals surface area contributed by atoms with Gasteiger partial charge in [0.05, 0.1) is 13.2 Å². The van der Waals surface area contributed by atoms with Crippen molar-refractivity contribution in [3.63, 3.8) is 0 Å². The van der Waals surface area contributed by atoms with E-state index in [1.165, 1.54) is 0 Å². The van der Waals surface area contributed by atoms with Crippen molar-refractivity contribution in [2.75, 3.05) is 26.7 Å². The molecule has 0 radical (unpaired) electrons. The number of nitrogens with zero attached hydrogens (tertiary/aromatic N) is 1. The number of hydrogen-bond acceptors (Lipinski definition) is 4. The van der Waals surface area contributed by atoms with Crippen LogP contribution in [0, 0.1) is 0 Å². The molecule has 1 heterocycles. The maximum absolute atomic E-state index is 12.2. The predicted molar refractivity (Wildman–Crippen MR) is 81.5 cm³/mol. The van der Waals surface area contributed by atoms with Crippen LogP contribution in [0.2, 0.25) is 0 Å². The maximum Gasteiger partial charge on any atom is 0.410 e. The molecule has 1 atom stereocenters. The molecule has 0 aliphatic carbocycles. The minimum absolute atomic E-state index is 0.0578. The first-order valence-corrected chi connectivity index (χ1v) is 7.25. The minimum Gasteiger partial charge on any atom is -0.496 e. The van der Waals surface area contributed by atoms with Gasteiger partial charge in [0.25, 0.3) is 0 Å². The number of carbonyl (C=O) groups excluding carboxylic acids is 1. The first kappa shape index (κ1) is 15.6. The van der Waals surface area contributed by atoms with Gasteiger partial charge in [0.15, 0.2) is 0 Å². The van der Waals surface area contributed by atoms with Crippen molar-refractivity contribution in [1.82, 2.24) is 10.2 Å². The summed E-state index contributed by atoms with van der Waals surface area (Å²) in [6, 6.07) is 7.93. The summed E-state index contributed by atoms with van der Waals surface area (Å²) in [5, 5.41) is 3.43. The molecule has 1 N–H and O–H groups in total. The Kier molecular flexibility index (Phi) is 4.73. The third kappa shape index (κ3) is 4.11. The van der Waals surface area contributed by atoms with Crippen LogP contribution in [0.3, 0.4) is 0 Å². The molecule has 0 saturated carbocycles. The van der Waals surface area contributed by atoms with Crippen molar-refractivity contribution in [1.29, 1.82) is 0 Å². The fourth-order valence-corrected chi connectivity index (χ4v) is 2.40. The van der Waals surface area contributed by atoms with Gasteiger partial charge in [0.1, 0.15) is 11.4 Å². The Morgan fingerprint density at radius 1 is 1.33 bits per heavy atom. The van der Waals surface area contributed by atoms with Gasteiger partial charge in [-0.3, -0.25) is 0 Å². The van der Waals surface area contributed by atoms with Crippen molar-refractivity contribution in [2.45, 2.75) is 32.4 Å². The quantitative estimate of drug-likeness (QED) is 0.910. The van der Waals surface area contributed by atoms with Crippen LogP contribution >= 0.6 is 0 Å². The minimum atomic E-state index is -0.470. The van der Waals surface area contributed by atoms with Gasteiger partial charge < -0.3 is 19.7 Å². The van der Waals surface area contributed by atoms with Gasteiger partial charge in [0, 0.05) is 25.2 Å². The molecule has 0 bridgehead atoms. The lowest BCUT2D eigenvalue weighted by Crippen LogP contribution is -2.49. The van der Waals surface area contributed by atoms with E-state index in [0.717, 1.165) is 17.9 Å². The van der Waals surface area contributed by atoms with E-state index in [9.17, 15) is 4.79 Å². The Bertz CT molecular complexity index is 497. The normalized spacial score (nSPS) is 19.2. The Balaban J connectivity index is 2.09. The summed E-state index contributed by atoms with van der Waals surface area (Å²) in [6.45, 7) is 7.61. The molecule has 1 fully saturated rings. The van der Waals surface area contributed by atoms with Gasteiger partial charge in [0.2, 0.25) is 0 Å². The topological polar surface area (TPSA) is 50.8 Å². The SMILES string of the molecule is COc1ccccc1C1CN(C(=O)OC(C)(C)C)CCN1. The first-order chi connectivity index (χ1) is 9.90. The molecule has 1 aliphatic heterocycles. The largest absolute Gasteiger partial charge is 0.496 e. The summed E-state index contributed by atoms with van der Waals surface area (Å²) in [5.41, 5.74) is 0.593. The lowest BCUT2D eigenvalue weighted by Gasteiger charge is -2.35. The average molecular weight is 292 g/mol. The molecule has 21 heavy (non-hydrogen) atoms. The fourth-order valence-electron chi connectivity index (χ4n) is 2.40. The Morgan fingerprint density at radius 2 is 2.05 bits per heavy atom. The highest BCUT2D eigenvalue weighted by Crippen LogP contribution is 2.27. The van der Waals surface area contributed by atoms with E-state index in [2.05, 4.69) is 5.32 Å². The highest BCUT2D eigenvalue weighted by Gasteiger charge is 2.29. The van der Waals surface area contributed by atoms with Crippen molar-refractivity contribution < 1.29 is 14.3 Å². The van der Waals surface area contributed by atoms with E-state index in [-0.39, 0.29) is 12.1 Å². The molecule has 1 aromatic rings. The van der Waals surface area contributed by atoms with Gasteiger partial charge in [-0.1, -0.05) is 18.2 Å². The third-order valence-electron chi connectivity index (χ3n) is 3.34. The summed E-state index contributed by atoms with van der Waals surface area (Å²) in [5.74, 6) is 0.834. The van der Waals surface area contributed by atoms with Crippen LogP contribution in [0.4, 0.5) is 4.79 Å². The van der Waals surface area contributed by atoms with E-state index in [1.54, 1.807) is 12.0 Å². The molecular weight excluding hydrogens is 268 g/mol. The highest BCUT2D eigenvalue weighted by molar-refractivity contribution is 5.68. The zero-order valence-corrected chi connectivity index (χ0v) is 13.2. The van der Waals surface area contributed by atoms with Crippen LogP contribution in [0.1, 0.15) is 32.4 Å². The molecule has 1 amide bonds. The molecule has 1 aliphatic rings. The molecule has 1 saturated heterocycles. The second kappa shape index (κ2) is 6.35. The summed E-state index contributed by atoms with van der Waals surface area (Å²) in [4.78, 5) is 13.9. The number of rotatable bonds is 2. The van der Waals surface area contributed by atoms with Crippen LogP contribution in [0.5, 0.6) is 5.75 Å². The number of carbonyl (C=O) groups is 1.